The van der Waals surface area contributed by atoms with Gasteiger partial charge in [0.25, 0.3) is 0 Å². The van der Waals surface area contributed by atoms with E-state index in [1.165, 1.54) is 32.5 Å². The maximum atomic E-state index is 16.8. The van der Waals surface area contributed by atoms with Crippen molar-refractivity contribution in [3.8, 4) is 39.5 Å². The number of nitrogens with one attached hydrogen (secondary N) is 4. The number of alkyl carbamates (subject to hydrolysis) is 2. The number of benzene rings is 2. The highest BCUT2D eigenvalue weighted by Gasteiger charge is 2.42. The molecular formula is C49H52F4N8O7S. The number of likely N-dealkylation sites (tertiary alicyclic amines) is 1. The zero-order valence-corrected chi connectivity index (χ0v) is 39.5. The summed E-state index contributed by atoms with van der Waals surface area (Å²) < 4.78 is 76.7. The highest BCUT2D eigenvalue weighted by Crippen LogP contribution is 2.49. The van der Waals surface area contributed by atoms with Crippen LogP contribution in [-0.4, -0.2) is 86.1 Å². The first kappa shape index (κ1) is 47.4. The Balaban J connectivity index is 1.04. The summed E-state index contributed by atoms with van der Waals surface area (Å²) in [7, 11) is 2.48. The molecule has 1 saturated carbocycles. The molecule has 1 aliphatic carbocycles. The fraction of sp³-hybridized carbons (Fsp3) is 0.429. The van der Waals surface area contributed by atoms with E-state index < -0.39 is 53.4 Å². The predicted molar refractivity (Wildman–Crippen MR) is 248 cm³/mol. The van der Waals surface area contributed by atoms with Crippen molar-refractivity contribution in [2.75, 3.05) is 20.8 Å². The van der Waals surface area contributed by atoms with Gasteiger partial charge in [-0.1, -0.05) is 40.2 Å². The van der Waals surface area contributed by atoms with Gasteiger partial charge in [-0.25, -0.2) is 23.9 Å². The monoisotopic (exact) mass is 972 g/mol. The number of nitrogens with zero attached hydrogens (tertiary/aromatic N) is 4. The number of carbonyl (C=O) groups is 4. The van der Waals surface area contributed by atoms with E-state index >= 15 is 4.39 Å². The third-order valence-corrected chi connectivity index (χ3v) is 14.7. The van der Waals surface area contributed by atoms with Crippen molar-refractivity contribution in [2.24, 2.45) is 17.8 Å². The molecule has 0 radical (unpaired) electrons. The zero-order chi connectivity index (χ0) is 49.1. The number of Topliss-reactive ketones (excluding diaryl/α,β-unsaturated/α-hetero) is 1. The molecule has 6 atom stereocenters. The second-order valence-corrected chi connectivity index (χ2v) is 19.6. The van der Waals surface area contributed by atoms with Crippen molar-refractivity contribution in [3.05, 3.63) is 88.1 Å². The first-order chi connectivity index (χ1) is 32.9. The van der Waals surface area contributed by atoms with Gasteiger partial charge in [0.05, 0.1) is 71.7 Å². The summed E-state index contributed by atoms with van der Waals surface area (Å²) in [6.45, 7) is 7.82. The molecule has 9 rings (SSSR count). The van der Waals surface area contributed by atoms with Gasteiger partial charge in [-0.2, -0.15) is 13.2 Å². The van der Waals surface area contributed by atoms with E-state index in [1.807, 2.05) is 45.9 Å². The summed E-state index contributed by atoms with van der Waals surface area (Å²) in [5.74, 6) is -0.763. The smallest absolute Gasteiger partial charge is 0.425 e. The molecule has 2 aromatic carbocycles. The van der Waals surface area contributed by atoms with Gasteiger partial charge in [0.1, 0.15) is 34.1 Å². The molecule has 3 aliphatic rings. The van der Waals surface area contributed by atoms with E-state index in [0.29, 0.717) is 82.3 Å². The summed E-state index contributed by atoms with van der Waals surface area (Å²) in [5, 5.41) is 6.00. The van der Waals surface area contributed by atoms with Crippen LogP contribution in [0.5, 0.6) is 5.75 Å². The second kappa shape index (κ2) is 18.7. The molecule has 15 nitrogen and oxygen atoms in total. The van der Waals surface area contributed by atoms with E-state index in [0.717, 1.165) is 24.5 Å². The van der Waals surface area contributed by atoms with Crippen molar-refractivity contribution >= 4 is 46.1 Å². The highest BCUT2D eigenvalue weighted by molar-refractivity contribution is 7.12. The summed E-state index contributed by atoms with van der Waals surface area (Å²) in [6.07, 6.45) is -0.394. The van der Waals surface area contributed by atoms with Gasteiger partial charge < -0.3 is 39.7 Å². The Labute approximate surface area is 398 Å². The first-order valence-corrected chi connectivity index (χ1v) is 23.7. The Kier molecular flexibility index (Phi) is 12.8. The highest BCUT2D eigenvalue weighted by atomic mass is 32.1. The second-order valence-electron chi connectivity index (χ2n) is 18.5. The van der Waals surface area contributed by atoms with Crippen LogP contribution in [0.15, 0.2) is 60.9 Å². The van der Waals surface area contributed by atoms with Gasteiger partial charge in [0, 0.05) is 34.9 Å². The molecule has 2 unspecified atom stereocenters. The molecule has 6 aromatic rings. The van der Waals surface area contributed by atoms with Crippen LogP contribution in [0.25, 0.3) is 44.7 Å². The van der Waals surface area contributed by atoms with Gasteiger partial charge in [-0.05, 0) is 80.0 Å². The molecule has 20 heteroatoms. The van der Waals surface area contributed by atoms with Gasteiger partial charge in [0.15, 0.2) is 5.78 Å². The van der Waals surface area contributed by atoms with Gasteiger partial charge in [-0.3, -0.25) is 14.2 Å². The average Bonchev–Trinajstić information content (AvgIpc) is 4.18. The number of halogens is 4. The number of H-pyrrole nitrogens is 2. The van der Waals surface area contributed by atoms with Gasteiger partial charge >= 0.3 is 18.4 Å². The lowest BCUT2D eigenvalue weighted by atomic mass is 9.84. The minimum Gasteiger partial charge on any atom is -0.464 e. The lowest BCUT2D eigenvalue weighted by molar-refractivity contribution is -0.135. The summed E-state index contributed by atoms with van der Waals surface area (Å²) in [6, 6.07) is 10.7. The molecule has 4 N–H and O–H groups in total. The minimum atomic E-state index is -4.60. The van der Waals surface area contributed by atoms with E-state index in [1.54, 1.807) is 27.8 Å². The van der Waals surface area contributed by atoms with Crippen LogP contribution in [0, 0.1) is 23.6 Å². The van der Waals surface area contributed by atoms with Crippen LogP contribution < -0.4 is 15.4 Å². The number of thiophene rings is 1. The lowest BCUT2D eigenvalue weighted by Crippen LogP contribution is -2.51. The van der Waals surface area contributed by atoms with Crippen molar-refractivity contribution < 1.29 is 51.0 Å². The topological polar surface area (TPSA) is 186 Å². The van der Waals surface area contributed by atoms with E-state index in [9.17, 15) is 32.3 Å². The quantitative estimate of drug-likeness (QED) is 0.0867. The Bertz CT molecular complexity index is 2940. The molecule has 3 amide bonds. The SMILES string of the molecule is COC(=O)N[C@H](C(=O)C1CCC[C@H]1c1ncc(-c2ccc3c(c2)cc2n3C(c3ccc(C(F)(F)F)s3)Oc3cc(-c4cnc([C@@H]5CCCN5C(=O)[C@@H](NC(=O)OC)C(C)C)[nH]4)cc(F)c3-2)[nH]1)C(C)C. The van der Waals surface area contributed by atoms with E-state index in [2.05, 4.69) is 25.6 Å². The summed E-state index contributed by atoms with van der Waals surface area (Å²) in [5.41, 5.74) is 3.29. The van der Waals surface area contributed by atoms with Crippen molar-refractivity contribution in [2.45, 2.75) is 96.2 Å². The molecule has 2 aliphatic heterocycles. The number of ketones is 1. The molecule has 364 valence electrons. The molecule has 1 saturated heterocycles. The van der Waals surface area contributed by atoms with Crippen LogP contribution >= 0.6 is 11.3 Å². The number of hydrogen-bond acceptors (Lipinski definition) is 10. The van der Waals surface area contributed by atoms with Crippen molar-refractivity contribution in [1.82, 2.24) is 40.0 Å². The van der Waals surface area contributed by atoms with E-state index in [-0.39, 0.29) is 51.6 Å². The maximum absolute atomic E-state index is 16.8. The zero-order valence-electron chi connectivity index (χ0n) is 38.7. The fourth-order valence-electron chi connectivity index (χ4n) is 10.1. The predicted octanol–water partition coefficient (Wildman–Crippen LogP) is 10.1. The Morgan fingerprint density at radius 3 is 2.19 bits per heavy atom. The van der Waals surface area contributed by atoms with E-state index in [4.69, 9.17) is 19.2 Å². The number of imidazole rings is 2. The third kappa shape index (κ3) is 8.94. The van der Waals surface area contributed by atoms with Gasteiger partial charge in [-0.15, -0.1) is 11.3 Å². The molecule has 0 spiro atoms. The fourth-order valence-corrected chi connectivity index (χ4v) is 10.9. The van der Waals surface area contributed by atoms with Crippen LogP contribution in [0.4, 0.5) is 27.2 Å². The molecule has 0 bridgehead atoms. The molecule has 2 fully saturated rings. The third-order valence-electron chi connectivity index (χ3n) is 13.5. The largest absolute Gasteiger partial charge is 0.464 e. The van der Waals surface area contributed by atoms with Crippen LogP contribution in [0.2, 0.25) is 0 Å². The number of ether oxygens (including phenoxy) is 3. The number of alkyl halides is 3. The average molecular weight is 973 g/mol. The lowest BCUT2D eigenvalue weighted by Gasteiger charge is -2.30. The Morgan fingerprint density at radius 2 is 1.51 bits per heavy atom. The number of fused-ring (bicyclic) bond motifs is 5. The number of rotatable bonds is 12. The number of methoxy groups -OCH3 is 2. The first-order valence-electron chi connectivity index (χ1n) is 22.9. The van der Waals surface area contributed by atoms with Crippen LogP contribution in [-0.2, 0) is 25.2 Å². The van der Waals surface area contributed by atoms with Crippen molar-refractivity contribution in [1.29, 1.82) is 0 Å². The maximum Gasteiger partial charge on any atom is 0.425 e. The molecule has 6 heterocycles. The van der Waals surface area contributed by atoms with Crippen LogP contribution in [0.3, 0.4) is 0 Å². The molecular weight excluding hydrogens is 921 g/mol. The van der Waals surface area contributed by atoms with Gasteiger partial charge in [0.2, 0.25) is 12.1 Å². The molecule has 4 aromatic heterocycles. The number of aromatic nitrogens is 5. The van der Waals surface area contributed by atoms with Crippen molar-refractivity contribution in [3.63, 3.8) is 0 Å². The number of aromatic amines is 2. The normalized spacial score (nSPS) is 19.9. The van der Waals surface area contributed by atoms with Crippen LogP contribution in [0.1, 0.15) is 99.4 Å². The number of amides is 3. The number of hydrogen-bond donors (Lipinski definition) is 4. The molecule has 69 heavy (non-hydrogen) atoms. The Hall–Kier alpha value is -6.70. The minimum absolute atomic E-state index is 0.0770. The summed E-state index contributed by atoms with van der Waals surface area (Å²) in [4.78, 5) is 68.9. The standard InChI is InChI=1S/C49H52F4N8O7S/c1-23(2)40(58-47(64)66-5)42(62)28-9-7-10-29(28)43-54-21-31(56-43)25-12-13-33-27(17-25)19-35-39-30(50)18-26(20-36(39)68-46(61(33)35)37-14-15-38(69-37)49(51,52)53)32-22-55-44(57-32)34-11-8-16-60(34)45(63)41(24(3)4)59-48(65)67-6/h12-15,17-24,28-29,34,40-41,46H,7-11,16H2,1-6H3,(H,54,56)(H,55,57)(H,58,64)(H,59,65)/t28?,29-,34+,40+,41+,46?/m1/s1. The Morgan fingerprint density at radius 1 is 0.826 bits per heavy atom. The number of carbonyl (C=O) groups excluding carboxylic acids is 4. The summed E-state index contributed by atoms with van der Waals surface area (Å²) >= 11 is 0.546.